The second-order valence-corrected chi connectivity index (χ2v) is 3.71. The molecule has 0 amide bonds. The minimum atomic E-state index is 0.436. The topological polar surface area (TPSA) is 12.5 Å². The van der Waals surface area contributed by atoms with Gasteiger partial charge in [-0.05, 0) is 25.5 Å². The Balaban J connectivity index is 2.30. The molecule has 2 heteroatoms. The van der Waals surface area contributed by atoms with Crippen LogP contribution in [0.1, 0.15) is 24.4 Å². The van der Waals surface area contributed by atoms with Crippen molar-refractivity contribution in [3.63, 3.8) is 0 Å². The predicted molar refractivity (Wildman–Crippen MR) is 57.0 cm³/mol. The van der Waals surface area contributed by atoms with Crippen molar-refractivity contribution in [2.45, 2.75) is 18.9 Å². The van der Waals surface area contributed by atoms with E-state index in [0.29, 0.717) is 6.04 Å². The van der Waals surface area contributed by atoms with Gasteiger partial charge in [0, 0.05) is 11.6 Å². The summed E-state index contributed by atoms with van der Waals surface area (Å²) in [5.41, 5.74) is 1.27. The highest BCUT2D eigenvalue weighted by molar-refractivity contribution is 5.36. The van der Waals surface area contributed by atoms with E-state index in [2.05, 4.69) is 24.1 Å². The smallest absolute Gasteiger partial charge is 0.123 e. The van der Waals surface area contributed by atoms with Crippen LogP contribution >= 0.6 is 0 Å². The molecule has 76 valence electrons. The summed E-state index contributed by atoms with van der Waals surface area (Å²) in [5, 5.41) is 0. The second-order valence-electron chi connectivity index (χ2n) is 3.71. The standard InChI is InChI=1S/C12H16NO/c1-13-9-5-7-11(13)10-6-3-4-8-12(10)14-2/h3-4,6,8,11H,1,5,7,9H2,2H3/q-1. The van der Waals surface area contributed by atoms with Crippen LogP contribution in [0.2, 0.25) is 0 Å². The molecule has 2 nitrogen and oxygen atoms in total. The van der Waals surface area contributed by atoms with E-state index in [0.717, 1.165) is 12.3 Å². The van der Waals surface area contributed by atoms with E-state index in [1.165, 1.54) is 18.4 Å². The van der Waals surface area contributed by atoms with Gasteiger partial charge >= 0.3 is 0 Å². The fraction of sp³-hybridized carbons (Fsp3) is 0.417. The van der Waals surface area contributed by atoms with E-state index < -0.39 is 0 Å². The molecule has 0 spiro atoms. The molecular weight excluding hydrogens is 174 g/mol. The molecule has 0 aliphatic carbocycles. The zero-order chi connectivity index (χ0) is 9.97. The molecule has 1 fully saturated rings. The van der Waals surface area contributed by atoms with Gasteiger partial charge in [-0.25, -0.2) is 0 Å². The highest BCUT2D eigenvalue weighted by atomic mass is 16.5. The fourth-order valence-electron chi connectivity index (χ4n) is 2.12. The number of likely N-dealkylation sites (tertiary alicyclic amines) is 1. The first-order chi connectivity index (χ1) is 6.83. The Morgan fingerprint density at radius 1 is 1.43 bits per heavy atom. The average molecular weight is 190 g/mol. The van der Waals surface area contributed by atoms with Crippen LogP contribution in [0.3, 0.4) is 0 Å². The van der Waals surface area contributed by atoms with Gasteiger partial charge in [-0.1, -0.05) is 18.2 Å². The first-order valence-electron chi connectivity index (χ1n) is 5.03. The molecule has 0 bridgehead atoms. The van der Waals surface area contributed by atoms with Crippen molar-refractivity contribution in [2.24, 2.45) is 0 Å². The van der Waals surface area contributed by atoms with Crippen molar-refractivity contribution in [3.05, 3.63) is 36.9 Å². The zero-order valence-corrected chi connectivity index (χ0v) is 8.57. The molecular formula is C12H16NO-. The zero-order valence-electron chi connectivity index (χ0n) is 8.57. The van der Waals surface area contributed by atoms with E-state index in [9.17, 15) is 0 Å². The van der Waals surface area contributed by atoms with Crippen LogP contribution < -0.4 is 4.74 Å². The van der Waals surface area contributed by atoms with Crippen LogP contribution in [-0.2, 0) is 0 Å². The van der Waals surface area contributed by atoms with Gasteiger partial charge < -0.3 is 9.64 Å². The summed E-state index contributed by atoms with van der Waals surface area (Å²) in [4.78, 5) is 2.15. The maximum absolute atomic E-state index is 5.35. The van der Waals surface area contributed by atoms with Gasteiger partial charge in [-0.3, -0.25) is 7.05 Å². The van der Waals surface area contributed by atoms with Crippen molar-refractivity contribution in [2.75, 3.05) is 13.7 Å². The Kier molecular flexibility index (Phi) is 2.73. The van der Waals surface area contributed by atoms with Crippen molar-refractivity contribution in [1.82, 2.24) is 4.90 Å². The molecule has 1 atom stereocenters. The van der Waals surface area contributed by atoms with Gasteiger partial charge in [0.25, 0.3) is 0 Å². The van der Waals surface area contributed by atoms with Crippen molar-refractivity contribution < 1.29 is 4.74 Å². The van der Waals surface area contributed by atoms with Crippen LogP contribution in [-0.4, -0.2) is 18.6 Å². The van der Waals surface area contributed by atoms with Gasteiger partial charge in [0.15, 0.2) is 0 Å². The number of hydrogen-bond acceptors (Lipinski definition) is 2. The first kappa shape index (κ1) is 9.53. The van der Waals surface area contributed by atoms with E-state index in [4.69, 9.17) is 4.74 Å². The van der Waals surface area contributed by atoms with Gasteiger partial charge in [-0.15, -0.1) is 0 Å². The summed E-state index contributed by atoms with van der Waals surface area (Å²) >= 11 is 0. The Hall–Kier alpha value is -1.02. The number of ether oxygens (including phenoxy) is 1. The van der Waals surface area contributed by atoms with Crippen LogP contribution in [0.15, 0.2) is 24.3 Å². The molecule has 0 radical (unpaired) electrons. The molecule has 1 aromatic carbocycles. The van der Waals surface area contributed by atoms with Crippen molar-refractivity contribution in [1.29, 1.82) is 0 Å². The number of benzene rings is 1. The Labute approximate surface area is 85.5 Å². The third-order valence-electron chi connectivity index (χ3n) is 2.86. The molecule has 1 aromatic rings. The lowest BCUT2D eigenvalue weighted by atomic mass is 10.0. The lowest BCUT2D eigenvalue weighted by molar-refractivity contribution is 0.334. The van der Waals surface area contributed by atoms with Crippen LogP contribution in [0.5, 0.6) is 5.75 Å². The predicted octanol–water partition coefficient (Wildman–Crippen LogP) is 2.62. The monoisotopic (exact) mass is 190 g/mol. The quantitative estimate of drug-likeness (QED) is 0.665. The molecule has 2 rings (SSSR count). The molecule has 14 heavy (non-hydrogen) atoms. The SMILES string of the molecule is [CH2-]N1CCCC1c1ccccc1OC. The summed E-state index contributed by atoms with van der Waals surface area (Å²) in [6.45, 7) is 1.09. The minimum absolute atomic E-state index is 0.436. The van der Waals surface area contributed by atoms with Gasteiger partial charge in [0.2, 0.25) is 0 Å². The van der Waals surface area contributed by atoms with Crippen LogP contribution in [0, 0.1) is 7.05 Å². The largest absolute Gasteiger partial charge is 0.496 e. The molecule has 1 unspecified atom stereocenters. The van der Waals surface area contributed by atoms with Gasteiger partial charge in [-0.2, -0.15) is 0 Å². The van der Waals surface area contributed by atoms with Gasteiger partial charge in [0.05, 0.1) is 7.11 Å². The molecule has 1 heterocycles. The van der Waals surface area contributed by atoms with E-state index in [1.807, 2.05) is 12.1 Å². The van der Waals surface area contributed by atoms with Crippen LogP contribution in [0.25, 0.3) is 0 Å². The molecule has 0 saturated carbocycles. The number of para-hydroxylation sites is 1. The average Bonchev–Trinajstić information content (AvgIpc) is 2.64. The molecule has 0 N–H and O–H groups in total. The lowest BCUT2D eigenvalue weighted by Crippen LogP contribution is -2.15. The third-order valence-corrected chi connectivity index (χ3v) is 2.86. The molecule has 0 aromatic heterocycles. The maximum Gasteiger partial charge on any atom is 0.123 e. The Bertz CT molecular complexity index is 311. The van der Waals surface area contributed by atoms with E-state index in [1.54, 1.807) is 7.11 Å². The molecule has 1 aliphatic rings. The van der Waals surface area contributed by atoms with Gasteiger partial charge in [0.1, 0.15) is 5.75 Å². The van der Waals surface area contributed by atoms with Crippen molar-refractivity contribution in [3.8, 4) is 5.75 Å². The van der Waals surface area contributed by atoms with E-state index in [-0.39, 0.29) is 0 Å². The summed E-state index contributed by atoms with van der Waals surface area (Å²) in [5.74, 6) is 0.980. The van der Waals surface area contributed by atoms with Crippen LogP contribution in [0.4, 0.5) is 0 Å². The Morgan fingerprint density at radius 3 is 2.86 bits per heavy atom. The van der Waals surface area contributed by atoms with E-state index >= 15 is 0 Å². The first-order valence-corrected chi connectivity index (χ1v) is 5.03. The highest BCUT2D eigenvalue weighted by Crippen LogP contribution is 2.35. The minimum Gasteiger partial charge on any atom is -0.496 e. The fourth-order valence-corrected chi connectivity index (χ4v) is 2.12. The summed E-state index contributed by atoms with van der Waals surface area (Å²) < 4.78 is 5.35. The highest BCUT2D eigenvalue weighted by Gasteiger charge is 2.20. The number of rotatable bonds is 2. The molecule has 1 saturated heterocycles. The number of hydrogen-bond donors (Lipinski definition) is 0. The summed E-state index contributed by atoms with van der Waals surface area (Å²) in [7, 11) is 5.77. The third kappa shape index (κ3) is 1.62. The number of methoxy groups -OCH3 is 1. The summed E-state index contributed by atoms with van der Waals surface area (Å²) in [6.07, 6.45) is 2.41. The second kappa shape index (κ2) is 4.01. The lowest BCUT2D eigenvalue weighted by Gasteiger charge is -2.28. The number of nitrogens with zero attached hydrogens (tertiary/aromatic N) is 1. The summed E-state index contributed by atoms with van der Waals surface area (Å²) in [6, 6.07) is 8.65. The normalized spacial score (nSPS) is 22.6. The Morgan fingerprint density at radius 2 is 2.21 bits per heavy atom. The maximum atomic E-state index is 5.35. The van der Waals surface area contributed by atoms with Crippen molar-refractivity contribution >= 4 is 0 Å². The molecule has 1 aliphatic heterocycles.